The van der Waals surface area contributed by atoms with Crippen LogP contribution in [0.15, 0.2) is 104 Å². The van der Waals surface area contributed by atoms with Gasteiger partial charge < -0.3 is 120 Å². The fourth-order valence-electron chi connectivity index (χ4n) is 15.8. The Bertz CT molecular complexity index is 5070. The van der Waals surface area contributed by atoms with Gasteiger partial charge in [0.05, 0.1) is 38.2 Å². The number of unbranched alkanes of at least 4 members (excludes halogenated alkanes) is 1. The highest BCUT2D eigenvalue weighted by Crippen LogP contribution is 2.26. The van der Waals surface area contributed by atoms with Gasteiger partial charge in [-0.2, -0.15) is 0 Å². The number of nitrogens with one attached hydrogen (secondary N) is 15. The summed E-state index contributed by atoms with van der Waals surface area (Å²) in [4.78, 5) is 267. The van der Waals surface area contributed by atoms with E-state index in [4.69, 9.17) is 22.6 Å². The molecule has 5 heterocycles. The Morgan fingerprint density at radius 3 is 1.68 bits per heavy atom. The molecular weight excluding hydrogens is 1740 g/mol. The average Bonchev–Trinajstić information content (AvgIpc) is 1.69. The van der Waals surface area contributed by atoms with E-state index in [0.29, 0.717) is 57.0 Å². The van der Waals surface area contributed by atoms with Crippen molar-refractivity contribution in [3.8, 4) is 0 Å². The Labute approximate surface area is 776 Å². The molecule has 8 rings (SSSR count). The van der Waals surface area contributed by atoms with Gasteiger partial charge in [-0.15, -0.1) is 11.8 Å². The van der Waals surface area contributed by atoms with Crippen LogP contribution >= 0.6 is 11.8 Å². The van der Waals surface area contributed by atoms with Gasteiger partial charge in [0.15, 0.2) is 5.96 Å². The van der Waals surface area contributed by atoms with Gasteiger partial charge in [0.2, 0.25) is 100 Å². The van der Waals surface area contributed by atoms with Gasteiger partial charge in [-0.3, -0.25) is 86.9 Å². The van der Waals surface area contributed by atoms with Crippen LogP contribution in [0.3, 0.4) is 0 Å². The number of benzene rings is 3. The molecule has 6 aromatic rings. The van der Waals surface area contributed by atoms with Crippen molar-refractivity contribution in [2.45, 2.75) is 217 Å². The van der Waals surface area contributed by atoms with Crippen LogP contribution in [0.4, 0.5) is 0 Å². The third kappa shape index (κ3) is 31.1. The number of H-pyrrole nitrogens is 3. The monoisotopic (exact) mass is 1870 g/mol. The minimum absolute atomic E-state index is 0. The van der Waals surface area contributed by atoms with Crippen molar-refractivity contribution >= 4 is 140 Å². The van der Waals surface area contributed by atoms with Crippen LogP contribution in [-0.4, -0.2) is 307 Å². The Balaban J connectivity index is 0.0000242. The number of aromatic amines is 3. The molecule has 0 spiro atoms. The van der Waals surface area contributed by atoms with E-state index >= 15 is 24.0 Å². The summed E-state index contributed by atoms with van der Waals surface area (Å²) in [7, 11) is 5.24. The third-order valence-electron chi connectivity index (χ3n) is 23.0. The fourth-order valence-corrected chi connectivity index (χ4v) is 16.6. The number of rotatable bonds is 25. The van der Waals surface area contributed by atoms with E-state index in [2.05, 4.69) is 78.4 Å². The van der Waals surface area contributed by atoms with E-state index in [9.17, 15) is 62.6 Å². The molecule has 133 heavy (non-hydrogen) atoms. The molecule has 13 atom stereocenters. The Morgan fingerprint density at radius 1 is 0.541 bits per heavy atom. The highest BCUT2D eigenvalue weighted by molar-refractivity contribution is 8.00. The average molecular weight is 1870 g/mol. The quantitative estimate of drug-likeness (QED) is 0.0174. The number of hydrogen-bond acceptors (Lipinski definition) is 21. The zero-order chi connectivity index (χ0) is 96.7. The number of thioether (sulfide) groups is 1. The van der Waals surface area contributed by atoms with Gasteiger partial charge in [0, 0.05) is 119 Å². The molecule has 0 aliphatic carbocycles. The number of likely N-dealkylation sites (N-methyl/N-ethyl adjacent to an activating group) is 4. The van der Waals surface area contributed by atoms with E-state index in [1.807, 2.05) is 6.92 Å². The summed E-state index contributed by atoms with van der Waals surface area (Å²) in [5.74, 6) is -17.5. The van der Waals surface area contributed by atoms with Gasteiger partial charge in [-0.25, -0.2) is 4.98 Å². The van der Waals surface area contributed by atoms with Crippen molar-refractivity contribution in [3.63, 3.8) is 0 Å². The summed E-state index contributed by atoms with van der Waals surface area (Å²) in [6.45, 7) is 7.65. The number of carbonyl (C=O) groups is 17. The highest BCUT2D eigenvalue weighted by Gasteiger charge is 2.44. The molecule has 724 valence electrons. The summed E-state index contributed by atoms with van der Waals surface area (Å²) in [6, 6.07) is 2.83. The molecule has 2 aliphatic rings. The first-order valence-corrected chi connectivity index (χ1v) is 45.2. The number of aliphatic hydroxyl groups is 1. The van der Waals surface area contributed by atoms with Gasteiger partial charge in [-0.05, 0) is 92.5 Å². The molecule has 3 aromatic carbocycles. The number of nitrogens with two attached hydrogens (primary N) is 3. The van der Waals surface area contributed by atoms with Crippen molar-refractivity contribution in [1.29, 1.82) is 5.41 Å². The van der Waals surface area contributed by atoms with Crippen LogP contribution in [0.5, 0.6) is 0 Å². The molecular formula is C90H130N24O18S. The smallest absolute Gasteiger partial charge is 0.246 e. The molecule has 0 bridgehead atoms. The van der Waals surface area contributed by atoms with E-state index in [1.54, 1.807) is 119 Å². The highest BCUT2D eigenvalue weighted by atomic mass is 32.2. The normalized spacial score (nSPS) is 23.4. The second kappa shape index (κ2) is 51.4. The van der Waals surface area contributed by atoms with Gasteiger partial charge in [-0.1, -0.05) is 122 Å². The van der Waals surface area contributed by atoms with E-state index in [0.717, 1.165) is 36.3 Å². The Morgan fingerprint density at radius 2 is 1.08 bits per heavy atom. The maximum atomic E-state index is 15.7. The number of hydrogen-bond donors (Lipinski definition) is 19. The molecule has 2 aliphatic heterocycles. The number of nitrogens with zero attached hydrogens (tertiary/aromatic N) is 6. The van der Waals surface area contributed by atoms with Crippen molar-refractivity contribution in [1.82, 2.24) is 103 Å². The molecule has 0 unspecified atom stereocenters. The predicted octanol–water partition coefficient (Wildman–Crippen LogP) is -1.65. The second-order valence-corrected chi connectivity index (χ2v) is 35.2. The van der Waals surface area contributed by atoms with Crippen LogP contribution in [-0.2, 0) is 107 Å². The fraction of sp³-hybridized carbons (Fsp3) is 0.522. The molecule has 43 heteroatoms. The third-order valence-corrected chi connectivity index (χ3v) is 24.0. The summed E-state index contributed by atoms with van der Waals surface area (Å²) in [5.41, 5.74) is 20.0. The first-order valence-electron chi connectivity index (χ1n) is 44.1. The minimum Gasteiger partial charge on any atom is -0.394 e. The number of para-hydroxylation sites is 2. The van der Waals surface area contributed by atoms with Gasteiger partial charge in [0.25, 0.3) is 0 Å². The van der Waals surface area contributed by atoms with Crippen molar-refractivity contribution in [2.24, 2.45) is 29.0 Å². The Hall–Kier alpha value is -13.5. The second-order valence-electron chi connectivity index (χ2n) is 34.1. The number of aliphatic hydroxyl groups excluding tert-OH is 1. The summed E-state index contributed by atoms with van der Waals surface area (Å²) in [5, 5.41) is 49.4. The van der Waals surface area contributed by atoms with Crippen LogP contribution in [0.25, 0.3) is 21.8 Å². The largest absolute Gasteiger partial charge is 0.394 e. The topological polar surface area (TPSA) is 621 Å². The van der Waals surface area contributed by atoms with E-state index in [-0.39, 0.29) is 103 Å². The first-order chi connectivity index (χ1) is 62.8. The number of fused-ring (bicyclic) bond motifs is 3. The van der Waals surface area contributed by atoms with Crippen LogP contribution < -0.4 is 75.7 Å². The van der Waals surface area contributed by atoms with E-state index in [1.165, 1.54) is 47.6 Å². The molecule has 0 radical (unpaired) electrons. The molecule has 0 saturated carbocycles. The van der Waals surface area contributed by atoms with Crippen LogP contribution in [0.1, 0.15) is 136 Å². The number of primary amides is 2. The summed E-state index contributed by atoms with van der Waals surface area (Å²) < 4.78 is 0. The lowest BCUT2D eigenvalue weighted by Crippen LogP contribution is -2.61. The number of aromatic nitrogens is 4. The van der Waals surface area contributed by atoms with Crippen LogP contribution in [0.2, 0.25) is 0 Å². The molecule has 17 amide bonds. The van der Waals surface area contributed by atoms with Gasteiger partial charge >= 0.3 is 0 Å². The zero-order valence-corrected chi connectivity index (χ0v) is 76.9. The Kier molecular flexibility index (Phi) is 41.2. The van der Waals surface area contributed by atoms with Crippen molar-refractivity contribution in [2.75, 3.05) is 72.5 Å². The molecule has 3 aromatic heterocycles. The lowest BCUT2D eigenvalue weighted by molar-refractivity contribution is -0.150. The maximum Gasteiger partial charge on any atom is 0.246 e. The predicted molar refractivity (Wildman–Crippen MR) is 496 cm³/mol. The minimum atomic E-state index is -1.85. The first kappa shape index (κ1) is 107. The molecule has 42 nitrogen and oxygen atoms in total. The maximum absolute atomic E-state index is 15.7. The lowest BCUT2D eigenvalue weighted by Gasteiger charge is -2.37. The van der Waals surface area contributed by atoms with Crippen molar-refractivity contribution in [3.05, 3.63) is 126 Å². The summed E-state index contributed by atoms with van der Waals surface area (Å²) in [6.07, 6.45) is 5.09. The molecule has 2 fully saturated rings. The number of imidazole rings is 1. The molecule has 2 saturated heterocycles. The number of amides is 17. The van der Waals surface area contributed by atoms with Gasteiger partial charge in [0.1, 0.15) is 78.5 Å². The SMILES string of the molecule is C.CCCC[C@H]1C(=O)N[C@@H](CCCNC(=N)N)C(=O)N[C@H](C(=O)NCC(N)=O)CSCC(=O)N[C@@H](Cc2ccccc2)C(=O)N(C)[C@@H](C)C(=O)N[C@@H](CC(N)=O)C(=O)N2CCC[C@H]2C(=O)N[C@@H](Cc2cnc[nH]2)C(=O)N[C@@H](CC(C)C)C(=O)N(C)CC(=O)N[C@@H](Cc2c[nH]c3ccccc23)C(=O)N[C@@H](CO)C(=O)N[C@@H](Cc2c[nH]c3ccccc23)C(=O)N(C)[C@@H](CC(C)C)C(=O)N1C. The van der Waals surface area contributed by atoms with Crippen molar-refractivity contribution < 1.29 is 86.6 Å². The standard InChI is InChI=1S/C89H126N24O18S.CH4/c1-11-12-29-69-82(125)102-60(28-20-31-95-89(92)93)78(121)108-68(77(120)98-43-73(91)116)46-132-47-75(118)101-64(35-52-22-14-13-15-23-52)85(128)110(8)51(6)76(119)104-66(39-72(90)115)87(130)113-32-21-30-70(113)83(126)103-62(38-55-42-94-48-99-55)80(123)105-63(33-49(2)3)84(127)109(7)44-74(117)100-61(36-53-40-96-58-26-18-16-24-56(53)58)79(122)107-67(45-114)81(124)106-65(37-54-41-97-59-27-19-17-25-57(54)59)86(129)112(10)71(34-50(4)5)88(131)111(69)9;/h13-19,22-27,40-42,48-51,60-71,96-97,114H,11-12,20-21,28-39,43-47H2,1-10H3,(H2,90,115)(H2,91,116)(H,94,99)(H,98,120)(H,100,117)(H,101,118)(H,102,125)(H,103,126)(H,104,119)(H,105,123)(H,106,124)(H,107,122)(H,108,121)(H4,92,93,95);1H4/t51-,60-,61-,62-,63-,64-,65-,66-,67-,68-,69-,70-,71-;/m0./s1. The lowest BCUT2D eigenvalue weighted by atomic mass is 9.97. The number of carbonyl (C=O) groups excluding carboxylic acids is 17. The summed E-state index contributed by atoms with van der Waals surface area (Å²) >= 11 is 0.794. The van der Waals surface area contributed by atoms with E-state index < -0.39 is 223 Å². The number of guanidine groups is 1. The van der Waals surface area contributed by atoms with Crippen LogP contribution in [0, 0.1) is 17.2 Å². The zero-order valence-electron chi connectivity index (χ0n) is 76.0. The molecule has 22 N–H and O–H groups in total.